The van der Waals surface area contributed by atoms with Crippen molar-refractivity contribution in [2.24, 2.45) is 0 Å². The van der Waals surface area contributed by atoms with E-state index in [1.807, 2.05) is 0 Å². The highest BCUT2D eigenvalue weighted by atomic mass is 19.1. The van der Waals surface area contributed by atoms with Crippen molar-refractivity contribution in [1.82, 2.24) is 5.32 Å². The van der Waals surface area contributed by atoms with Gasteiger partial charge in [0.2, 0.25) is 0 Å². The summed E-state index contributed by atoms with van der Waals surface area (Å²) < 4.78 is 18.9. The second-order valence-corrected chi connectivity index (χ2v) is 4.81. The number of anilines is 1. The van der Waals surface area contributed by atoms with Gasteiger partial charge in [-0.25, -0.2) is 4.39 Å². The lowest BCUT2D eigenvalue weighted by molar-refractivity contribution is -0.118. The van der Waals surface area contributed by atoms with Crippen LogP contribution in [-0.4, -0.2) is 25.0 Å². The van der Waals surface area contributed by atoms with Gasteiger partial charge < -0.3 is 15.4 Å². The van der Waals surface area contributed by atoms with Gasteiger partial charge in [0, 0.05) is 6.54 Å². The fraction of sp³-hybridized carbons (Fsp3) is 0.111. The van der Waals surface area contributed by atoms with E-state index >= 15 is 0 Å². The van der Waals surface area contributed by atoms with Crippen molar-refractivity contribution in [2.45, 2.75) is 0 Å². The monoisotopic (exact) mass is 328 g/mol. The van der Waals surface area contributed by atoms with Crippen LogP contribution in [0.1, 0.15) is 10.4 Å². The molecule has 2 amide bonds. The van der Waals surface area contributed by atoms with Crippen molar-refractivity contribution < 1.29 is 18.7 Å². The minimum Gasteiger partial charge on any atom is -0.483 e. The average Bonchev–Trinajstić information content (AvgIpc) is 2.60. The molecule has 0 saturated heterocycles. The van der Waals surface area contributed by atoms with Crippen LogP contribution in [0.3, 0.4) is 0 Å². The van der Waals surface area contributed by atoms with Gasteiger partial charge in [-0.05, 0) is 24.3 Å². The molecule has 0 unspecified atom stereocenters. The number of hydrogen-bond donors (Lipinski definition) is 2. The Bertz CT molecular complexity index is 747. The zero-order chi connectivity index (χ0) is 17.4. The van der Waals surface area contributed by atoms with E-state index < -0.39 is 11.7 Å². The van der Waals surface area contributed by atoms with E-state index in [4.69, 9.17) is 4.74 Å². The first kappa shape index (κ1) is 17.2. The maximum Gasteiger partial charge on any atom is 0.262 e. The summed E-state index contributed by atoms with van der Waals surface area (Å²) >= 11 is 0. The normalized spacial score (nSPS) is 9.88. The third-order valence-corrected chi connectivity index (χ3v) is 3.05. The predicted octanol–water partition coefficient (Wildman–Crippen LogP) is 2.76. The minimum absolute atomic E-state index is 0.0723. The summed E-state index contributed by atoms with van der Waals surface area (Å²) in [6.45, 7) is 3.50. The molecule has 24 heavy (non-hydrogen) atoms. The molecule has 2 rings (SSSR count). The molecule has 2 aromatic rings. The molecule has 0 aliphatic heterocycles. The van der Waals surface area contributed by atoms with Gasteiger partial charge in [-0.15, -0.1) is 6.58 Å². The molecule has 0 bridgehead atoms. The smallest absolute Gasteiger partial charge is 0.262 e. The van der Waals surface area contributed by atoms with Gasteiger partial charge in [-0.1, -0.05) is 30.3 Å². The lowest BCUT2D eigenvalue weighted by Crippen LogP contribution is -2.25. The molecule has 0 atom stereocenters. The Kier molecular flexibility index (Phi) is 6.08. The Hall–Kier alpha value is -3.15. The van der Waals surface area contributed by atoms with Crippen LogP contribution in [0, 0.1) is 5.82 Å². The first-order chi connectivity index (χ1) is 11.6. The number of halogens is 1. The number of hydrogen-bond acceptors (Lipinski definition) is 3. The zero-order valence-electron chi connectivity index (χ0n) is 12.9. The van der Waals surface area contributed by atoms with Crippen molar-refractivity contribution in [3.63, 3.8) is 0 Å². The SMILES string of the molecule is C=CCNC(=O)c1ccccc1OCC(=O)Nc1ccccc1F. The number of carbonyl (C=O) groups is 2. The highest BCUT2D eigenvalue weighted by Gasteiger charge is 2.13. The summed E-state index contributed by atoms with van der Waals surface area (Å²) in [7, 11) is 0. The van der Waals surface area contributed by atoms with Crippen molar-refractivity contribution in [3.05, 3.63) is 72.6 Å². The van der Waals surface area contributed by atoms with E-state index in [0.717, 1.165) is 0 Å². The molecule has 5 nitrogen and oxygen atoms in total. The number of benzene rings is 2. The summed E-state index contributed by atoms with van der Waals surface area (Å²) in [5, 5.41) is 5.05. The highest BCUT2D eigenvalue weighted by molar-refractivity contribution is 5.97. The third kappa shape index (κ3) is 4.67. The summed E-state index contributed by atoms with van der Waals surface area (Å²) in [5.74, 6) is -1.13. The fourth-order valence-electron chi connectivity index (χ4n) is 1.93. The van der Waals surface area contributed by atoms with Crippen molar-refractivity contribution >= 4 is 17.5 Å². The molecule has 0 radical (unpaired) electrons. The lowest BCUT2D eigenvalue weighted by Gasteiger charge is -2.11. The number of para-hydroxylation sites is 2. The Morgan fingerprint density at radius 3 is 2.58 bits per heavy atom. The molecule has 0 aliphatic rings. The zero-order valence-corrected chi connectivity index (χ0v) is 12.9. The predicted molar refractivity (Wildman–Crippen MR) is 89.5 cm³/mol. The Labute approximate surface area is 139 Å². The van der Waals surface area contributed by atoms with E-state index in [1.54, 1.807) is 36.4 Å². The second kappa shape index (κ2) is 8.47. The van der Waals surface area contributed by atoms with Crippen LogP contribution >= 0.6 is 0 Å². The summed E-state index contributed by atoms with van der Waals surface area (Å²) in [5.41, 5.74) is 0.376. The van der Waals surface area contributed by atoms with Gasteiger partial charge >= 0.3 is 0 Å². The molecule has 6 heteroatoms. The summed E-state index contributed by atoms with van der Waals surface area (Å²) in [4.78, 5) is 23.9. The Morgan fingerprint density at radius 2 is 1.83 bits per heavy atom. The lowest BCUT2D eigenvalue weighted by atomic mass is 10.2. The van der Waals surface area contributed by atoms with Gasteiger partial charge in [0.1, 0.15) is 11.6 Å². The number of carbonyl (C=O) groups excluding carboxylic acids is 2. The number of amides is 2. The van der Waals surface area contributed by atoms with Gasteiger partial charge in [-0.2, -0.15) is 0 Å². The van der Waals surface area contributed by atoms with Crippen molar-refractivity contribution in [2.75, 3.05) is 18.5 Å². The molecule has 2 aromatic carbocycles. The molecule has 0 aliphatic carbocycles. The molecule has 0 spiro atoms. The van der Waals surface area contributed by atoms with Gasteiger partial charge in [0.05, 0.1) is 11.3 Å². The minimum atomic E-state index is -0.532. The first-order valence-corrected chi connectivity index (χ1v) is 7.27. The quantitative estimate of drug-likeness (QED) is 0.768. The van der Waals surface area contributed by atoms with Crippen LogP contribution in [0.4, 0.5) is 10.1 Å². The van der Waals surface area contributed by atoms with E-state index in [2.05, 4.69) is 17.2 Å². The van der Waals surface area contributed by atoms with Crippen LogP contribution in [0.5, 0.6) is 5.75 Å². The maximum absolute atomic E-state index is 13.5. The number of ether oxygens (including phenoxy) is 1. The van der Waals surface area contributed by atoms with Gasteiger partial charge in [-0.3, -0.25) is 9.59 Å². The summed E-state index contributed by atoms with van der Waals surface area (Å²) in [6.07, 6.45) is 1.56. The van der Waals surface area contributed by atoms with Gasteiger partial charge in [0.25, 0.3) is 11.8 Å². The molecule has 2 N–H and O–H groups in total. The van der Waals surface area contributed by atoms with Crippen LogP contribution in [0.15, 0.2) is 61.2 Å². The van der Waals surface area contributed by atoms with Crippen molar-refractivity contribution in [1.29, 1.82) is 0 Å². The molecule has 0 heterocycles. The van der Waals surface area contributed by atoms with Crippen LogP contribution in [0.2, 0.25) is 0 Å². The number of rotatable bonds is 7. The van der Waals surface area contributed by atoms with Crippen molar-refractivity contribution in [3.8, 4) is 5.75 Å². The molecule has 0 saturated carbocycles. The summed E-state index contributed by atoms with van der Waals surface area (Å²) in [6, 6.07) is 12.4. The highest BCUT2D eigenvalue weighted by Crippen LogP contribution is 2.18. The second-order valence-electron chi connectivity index (χ2n) is 4.81. The topological polar surface area (TPSA) is 67.4 Å². The molecule has 0 aromatic heterocycles. The maximum atomic E-state index is 13.5. The van der Waals surface area contributed by atoms with E-state index in [-0.39, 0.29) is 24.0 Å². The van der Waals surface area contributed by atoms with Crippen LogP contribution < -0.4 is 15.4 Å². The molecular formula is C18H17FN2O3. The van der Waals surface area contributed by atoms with Gasteiger partial charge in [0.15, 0.2) is 6.61 Å². The molecule has 0 fully saturated rings. The average molecular weight is 328 g/mol. The Balaban J connectivity index is 1.99. The van der Waals surface area contributed by atoms with E-state index in [1.165, 1.54) is 18.2 Å². The molecular weight excluding hydrogens is 311 g/mol. The Morgan fingerprint density at radius 1 is 1.12 bits per heavy atom. The molecule has 124 valence electrons. The van der Waals surface area contributed by atoms with E-state index in [0.29, 0.717) is 12.1 Å². The van der Waals surface area contributed by atoms with Crippen LogP contribution in [-0.2, 0) is 4.79 Å². The standard InChI is InChI=1S/C18H17FN2O3/c1-2-11-20-18(23)13-7-3-6-10-16(13)24-12-17(22)21-15-9-5-4-8-14(15)19/h2-10H,1,11-12H2,(H,20,23)(H,21,22). The third-order valence-electron chi connectivity index (χ3n) is 3.05. The largest absolute Gasteiger partial charge is 0.483 e. The fourth-order valence-corrected chi connectivity index (χ4v) is 1.93. The van der Waals surface area contributed by atoms with Crippen LogP contribution in [0.25, 0.3) is 0 Å². The number of nitrogens with one attached hydrogen (secondary N) is 2. The van der Waals surface area contributed by atoms with E-state index in [9.17, 15) is 14.0 Å². The first-order valence-electron chi connectivity index (χ1n) is 7.27.